The first kappa shape index (κ1) is 13.8. The number of ether oxygens (including phenoxy) is 1. The van der Waals surface area contributed by atoms with Crippen LogP contribution in [0.25, 0.3) is 0 Å². The van der Waals surface area contributed by atoms with Crippen molar-refractivity contribution in [3.05, 3.63) is 0 Å². The van der Waals surface area contributed by atoms with Crippen molar-refractivity contribution in [2.45, 2.75) is 51.6 Å². The van der Waals surface area contributed by atoms with Gasteiger partial charge in [0.15, 0.2) is 0 Å². The van der Waals surface area contributed by atoms with Gasteiger partial charge in [0, 0.05) is 19.7 Å². The number of aliphatic carboxylic acids is 1. The summed E-state index contributed by atoms with van der Waals surface area (Å²) in [5.74, 6) is -0.610. The lowest BCUT2D eigenvalue weighted by Gasteiger charge is -2.40. The standard InChI is InChI=1S/C14H25NO3/c1-2-6-14(13(16)17)7-4-8-15(11-14)10-12-5-3-9-18-12/h12H,2-11H2,1H3,(H,16,17). The Kier molecular flexibility index (Phi) is 4.62. The van der Waals surface area contributed by atoms with Gasteiger partial charge in [-0.25, -0.2) is 0 Å². The van der Waals surface area contributed by atoms with Crippen molar-refractivity contribution in [3.63, 3.8) is 0 Å². The molecule has 2 saturated heterocycles. The third kappa shape index (κ3) is 3.04. The van der Waals surface area contributed by atoms with E-state index in [-0.39, 0.29) is 0 Å². The molecule has 0 aromatic carbocycles. The highest BCUT2D eigenvalue weighted by atomic mass is 16.5. The Hall–Kier alpha value is -0.610. The van der Waals surface area contributed by atoms with Gasteiger partial charge in [0.05, 0.1) is 11.5 Å². The van der Waals surface area contributed by atoms with Crippen molar-refractivity contribution in [1.29, 1.82) is 0 Å². The fraction of sp³-hybridized carbons (Fsp3) is 0.929. The predicted molar refractivity (Wildman–Crippen MR) is 69.6 cm³/mol. The second-order valence-corrected chi connectivity index (χ2v) is 5.81. The first-order valence-electron chi connectivity index (χ1n) is 7.24. The molecule has 2 unspecified atom stereocenters. The minimum atomic E-state index is -0.610. The zero-order chi connectivity index (χ0) is 13.0. The molecule has 4 heteroatoms. The molecule has 2 aliphatic heterocycles. The minimum absolute atomic E-state index is 0.330. The Morgan fingerprint density at radius 1 is 1.50 bits per heavy atom. The fourth-order valence-electron chi connectivity index (χ4n) is 3.42. The van der Waals surface area contributed by atoms with E-state index in [1.807, 2.05) is 0 Å². The number of carboxylic acid groups (broad SMARTS) is 1. The Labute approximate surface area is 109 Å². The predicted octanol–water partition coefficient (Wildman–Crippen LogP) is 2.13. The van der Waals surface area contributed by atoms with Crippen LogP contribution in [-0.2, 0) is 9.53 Å². The van der Waals surface area contributed by atoms with Gasteiger partial charge in [0.2, 0.25) is 0 Å². The molecule has 0 aromatic rings. The molecule has 0 saturated carbocycles. The van der Waals surface area contributed by atoms with Crippen LogP contribution >= 0.6 is 0 Å². The lowest BCUT2D eigenvalue weighted by molar-refractivity contribution is -0.153. The van der Waals surface area contributed by atoms with Gasteiger partial charge in [0.1, 0.15) is 0 Å². The summed E-state index contributed by atoms with van der Waals surface area (Å²) >= 11 is 0. The molecule has 0 aromatic heterocycles. The van der Waals surface area contributed by atoms with Crippen molar-refractivity contribution >= 4 is 5.97 Å². The van der Waals surface area contributed by atoms with Crippen LogP contribution in [0.15, 0.2) is 0 Å². The van der Waals surface area contributed by atoms with E-state index in [0.717, 1.165) is 58.2 Å². The Morgan fingerprint density at radius 2 is 2.33 bits per heavy atom. The van der Waals surface area contributed by atoms with E-state index in [1.54, 1.807) is 0 Å². The van der Waals surface area contributed by atoms with Crippen LogP contribution in [0.4, 0.5) is 0 Å². The molecular weight excluding hydrogens is 230 g/mol. The molecule has 0 radical (unpaired) electrons. The quantitative estimate of drug-likeness (QED) is 0.817. The van der Waals surface area contributed by atoms with E-state index < -0.39 is 11.4 Å². The lowest BCUT2D eigenvalue weighted by Crippen LogP contribution is -2.49. The highest BCUT2D eigenvalue weighted by Gasteiger charge is 2.41. The van der Waals surface area contributed by atoms with Crippen LogP contribution in [0.5, 0.6) is 0 Å². The second-order valence-electron chi connectivity index (χ2n) is 5.81. The Morgan fingerprint density at radius 3 is 2.94 bits per heavy atom. The van der Waals surface area contributed by atoms with Crippen LogP contribution in [0, 0.1) is 5.41 Å². The van der Waals surface area contributed by atoms with E-state index in [4.69, 9.17) is 4.74 Å². The Balaban J connectivity index is 1.94. The second kappa shape index (κ2) is 6.02. The van der Waals surface area contributed by atoms with Crippen molar-refractivity contribution < 1.29 is 14.6 Å². The summed E-state index contributed by atoms with van der Waals surface area (Å²) in [5.41, 5.74) is -0.508. The molecule has 2 rings (SSSR count). The van der Waals surface area contributed by atoms with Crippen LogP contribution < -0.4 is 0 Å². The summed E-state index contributed by atoms with van der Waals surface area (Å²) in [6, 6.07) is 0. The van der Waals surface area contributed by atoms with Crippen LogP contribution in [0.1, 0.15) is 45.4 Å². The molecule has 2 heterocycles. The average Bonchev–Trinajstić information content (AvgIpc) is 2.82. The van der Waals surface area contributed by atoms with Crippen molar-refractivity contribution in [3.8, 4) is 0 Å². The molecule has 1 N–H and O–H groups in total. The summed E-state index contributed by atoms with van der Waals surface area (Å²) in [7, 11) is 0. The lowest BCUT2D eigenvalue weighted by atomic mass is 9.76. The van der Waals surface area contributed by atoms with Gasteiger partial charge in [-0.1, -0.05) is 13.3 Å². The zero-order valence-corrected chi connectivity index (χ0v) is 11.4. The molecule has 0 spiro atoms. The summed E-state index contributed by atoms with van der Waals surface area (Å²) in [4.78, 5) is 13.9. The first-order chi connectivity index (χ1) is 8.66. The number of hydrogen-bond acceptors (Lipinski definition) is 3. The van der Waals surface area contributed by atoms with E-state index in [2.05, 4.69) is 11.8 Å². The van der Waals surface area contributed by atoms with E-state index in [9.17, 15) is 9.90 Å². The molecular formula is C14H25NO3. The summed E-state index contributed by atoms with van der Waals surface area (Å²) in [6.45, 7) is 5.59. The maximum absolute atomic E-state index is 11.6. The number of rotatable bonds is 5. The van der Waals surface area contributed by atoms with Gasteiger partial charge >= 0.3 is 5.97 Å². The smallest absolute Gasteiger partial charge is 0.310 e. The molecule has 2 fully saturated rings. The Bertz CT molecular complexity index is 285. The van der Waals surface area contributed by atoms with Crippen molar-refractivity contribution in [2.24, 2.45) is 5.41 Å². The SMILES string of the molecule is CCCC1(C(=O)O)CCCN(CC2CCCO2)C1. The first-order valence-corrected chi connectivity index (χ1v) is 7.24. The number of carboxylic acids is 1. The summed E-state index contributed by atoms with van der Waals surface area (Å²) in [6.07, 6.45) is 6.18. The van der Waals surface area contributed by atoms with Crippen molar-refractivity contribution in [2.75, 3.05) is 26.2 Å². The topological polar surface area (TPSA) is 49.8 Å². The van der Waals surface area contributed by atoms with Gasteiger partial charge in [-0.3, -0.25) is 9.69 Å². The van der Waals surface area contributed by atoms with Crippen molar-refractivity contribution in [1.82, 2.24) is 4.90 Å². The normalized spacial score (nSPS) is 33.7. The van der Waals surface area contributed by atoms with E-state index in [1.165, 1.54) is 0 Å². The maximum atomic E-state index is 11.6. The maximum Gasteiger partial charge on any atom is 0.310 e. The molecule has 2 atom stereocenters. The number of carbonyl (C=O) groups is 1. The molecule has 4 nitrogen and oxygen atoms in total. The largest absolute Gasteiger partial charge is 0.481 e. The highest BCUT2D eigenvalue weighted by molar-refractivity contribution is 5.75. The minimum Gasteiger partial charge on any atom is -0.481 e. The van der Waals surface area contributed by atoms with E-state index in [0.29, 0.717) is 12.6 Å². The summed E-state index contributed by atoms with van der Waals surface area (Å²) in [5, 5.41) is 9.54. The van der Waals surface area contributed by atoms with Gasteiger partial charge in [-0.05, 0) is 38.6 Å². The zero-order valence-electron chi connectivity index (χ0n) is 11.4. The van der Waals surface area contributed by atoms with Gasteiger partial charge in [-0.15, -0.1) is 0 Å². The molecule has 0 aliphatic carbocycles. The molecule has 2 aliphatic rings. The number of likely N-dealkylation sites (tertiary alicyclic amines) is 1. The highest BCUT2D eigenvalue weighted by Crippen LogP contribution is 2.35. The third-order valence-electron chi connectivity index (χ3n) is 4.32. The van der Waals surface area contributed by atoms with Crippen LogP contribution in [-0.4, -0.2) is 48.3 Å². The number of hydrogen-bond donors (Lipinski definition) is 1. The van der Waals surface area contributed by atoms with Gasteiger partial charge in [-0.2, -0.15) is 0 Å². The number of nitrogens with zero attached hydrogens (tertiary/aromatic N) is 1. The van der Waals surface area contributed by atoms with E-state index >= 15 is 0 Å². The van der Waals surface area contributed by atoms with Crippen LogP contribution in [0.2, 0.25) is 0 Å². The summed E-state index contributed by atoms with van der Waals surface area (Å²) < 4.78 is 5.66. The number of piperidine rings is 1. The fourth-order valence-corrected chi connectivity index (χ4v) is 3.42. The molecule has 18 heavy (non-hydrogen) atoms. The molecule has 104 valence electrons. The molecule has 0 amide bonds. The van der Waals surface area contributed by atoms with Gasteiger partial charge in [0.25, 0.3) is 0 Å². The molecule has 0 bridgehead atoms. The third-order valence-corrected chi connectivity index (χ3v) is 4.32. The van der Waals surface area contributed by atoms with Gasteiger partial charge < -0.3 is 9.84 Å². The average molecular weight is 255 g/mol. The monoisotopic (exact) mass is 255 g/mol. The van der Waals surface area contributed by atoms with Crippen LogP contribution in [0.3, 0.4) is 0 Å².